The molecule has 0 aliphatic heterocycles. The zero-order valence-corrected chi connectivity index (χ0v) is 16.1. The van der Waals surface area contributed by atoms with Crippen molar-refractivity contribution in [2.24, 2.45) is 0 Å². The number of hydrogen-bond acceptors (Lipinski definition) is 1. The third-order valence-electron chi connectivity index (χ3n) is 5.30. The summed E-state index contributed by atoms with van der Waals surface area (Å²) in [5, 5.41) is 2.71. The van der Waals surface area contributed by atoms with E-state index in [9.17, 15) is 0 Å². The summed E-state index contributed by atoms with van der Waals surface area (Å²) < 4.78 is 2.73. The SMILES string of the molecule is CCc1ccc(-c2ccc(-c3cccc4c3sc3ccccc34)cc2)cc1. The van der Waals surface area contributed by atoms with Crippen LogP contribution in [0.25, 0.3) is 42.4 Å². The highest BCUT2D eigenvalue weighted by atomic mass is 32.1. The summed E-state index contributed by atoms with van der Waals surface area (Å²) in [6, 6.07) is 33.2. The predicted octanol–water partition coefficient (Wildman–Crippen LogP) is 7.95. The van der Waals surface area contributed by atoms with Crippen LogP contribution in [0, 0.1) is 0 Å². The van der Waals surface area contributed by atoms with Crippen molar-refractivity contribution in [1.82, 2.24) is 0 Å². The second-order valence-electron chi connectivity index (χ2n) is 6.91. The Balaban J connectivity index is 1.58. The van der Waals surface area contributed by atoms with Crippen molar-refractivity contribution in [1.29, 1.82) is 0 Å². The van der Waals surface area contributed by atoms with E-state index in [0.29, 0.717) is 0 Å². The Morgan fingerprint density at radius 3 is 1.96 bits per heavy atom. The van der Waals surface area contributed by atoms with Crippen LogP contribution in [0.5, 0.6) is 0 Å². The maximum atomic E-state index is 2.25. The summed E-state index contributed by atoms with van der Waals surface area (Å²) in [5.74, 6) is 0. The van der Waals surface area contributed by atoms with Crippen molar-refractivity contribution in [2.75, 3.05) is 0 Å². The van der Waals surface area contributed by atoms with E-state index in [-0.39, 0.29) is 0 Å². The third kappa shape index (κ3) is 2.85. The van der Waals surface area contributed by atoms with Crippen LogP contribution >= 0.6 is 11.3 Å². The van der Waals surface area contributed by atoms with Gasteiger partial charge < -0.3 is 0 Å². The fourth-order valence-corrected chi connectivity index (χ4v) is 4.99. The molecule has 0 saturated heterocycles. The van der Waals surface area contributed by atoms with E-state index in [0.717, 1.165) is 6.42 Å². The second kappa shape index (κ2) is 6.68. The fraction of sp³-hybridized carbons (Fsp3) is 0.0769. The summed E-state index contributed by atoms with van der Waals surface area (Å²) in [4.78, 5) is 0. The van der Waals surface area contributed by atoms with Crippen molar-refractivity contribution >= 4 is 31.5 Å². The van der Waals surface area contributed by atoms with Gasteiger partial charge in [0.05, 0.1) is 0 Å². The van der Waals surface area contributed by atoms with Gasteiger partial charge in [-0.3, -0.25) is 0 Å². The van der Waals surface area contributed by atoms with Crippen molar-refractivity contribution in [2.45, 2.75) is 13.3 Å². The van der Waals surface area contributed by atoms with Gasteiger partial charge in [-0.1, -0.05) is 91.9 Å². The van der Waals surface area contributed by atoms with Crippen LogP contribution in [0.1, 0.15) is 12.5 Å². The van der Waals surface area contributed by atoms with Crippen LogP contribution in [0.4, 0.5) is 0 Å². The molecular weight excluding hydrogens is 344 g/mol. The summed E-state index contributed by atoms with van der Waals surface area (Å²) >= 11 is 1.89. The van der Waals surface area contributed by atoms with Crippen LogP contribution < -0.4 is 0 Å². The van der Waals surface area contributed by atoms with E-state index in [1.54, 1.807) is 0 Å². The molecular formula is C26H20S. The number of benzene rings is 4. The second-order valence-corrected chi connectivity index (χ2v) is 7.96. The van der Waals surface area contributed by atoms with Crippen LogP contribution in [0.3, 0.4) is 0 Å². The lowest BCUT2D eigenvalue weighted by Crippen LogP contribution is -1.83. The summed E-state index contributed by atoms with van der Waals surface area (Å²) in [6.07, 6.45) is 1.08. The molecule has 0 fully saturated rings. The largest absolute Gasteiger partial charge is 0.135 e. The molecule has 0 bridgehead atoms. The molecule has 0 amide bonds. The van der Waals surface area contributed by atoms with E-state index >= 15 is 0 Å². The number of rotatable bonds is 3. The molecule has 0 spiro atoms. The molecule has 0 nitrogen and oxygen atoms in total. The van der Waals surface area contributed by atoms with Gasteiger partial charge in [0.1, 0.15) is 0 Å². The van der Waals surface area contributed by atoms with Gasteiger partial charge in [-0.15, -0.1) is 11.3 Å². The highest BCUT2D eigenvalue weighted by Gasteiger charge is 2.10. The fourth-order valence-electron chi connectivity index (χ4n) is 3.75. The molecule has 0 aliphatic rings. The molecule has 0 radical (unpaired) electrons. The molecule has 1 aromatic heterocycles. The Kier molecular flexibility index (Phi) is 4.03. The van der Waals surface area contributed by atoms with Gasteiger partial charge in [0.15, 0.2) is 0 Å². The lowest BCUT2D eigenvalue weighted by Gasteiger charge is -2.07. The first-order valence-corrected chi connectivity index (χ1v) is 10.2. The average Bonchev–Trinajstić information content (AvgIpc) is 3.13. The molecule has 0 unspecified atom stereocenters. The van der Waals surface area contributed by atoms with Gasteiger partial charge in [-0.05, 0) is 40.3 Å². The average molecular weight is 365 g/mol. The van der Waals surface area contributed by atoms with Crippen LogP contribution in [-0.2, 0) is 6.42 Å². The van der Waals surface area contributed by atoms with Crippen LogP contribution in [-0.4, -0.2) is 0 Å². The lowest BCUT2D eigenvalue weighted by atomic mass is 9.98. The number of aryl methyl sites for hydroxylation is 1. The van der Waals surface area contributed by atoms with Crippen LogP contribution in [0.15, 0.2) is 91.0 Å². The molecule has 27 heavy (non-hydrogen) atoms. The number of thiophene rings is 1. The van der Waals surface area contributed by atoms with E-state index in [1.165, 1.54) is 48.0 Å². The first-order valence-electron chi connectivity index (χ1n) is 9.43. The topological polar surface area (TPSA) is 0 Å². The van der Waals surface area contributed by atoms with E-state index in [2.05, 4.69) is 97.9 Å². The first-order chi connectivity index (χ1) is 13.3. The maximum absolute atomic E-state index is 2.25. The summed E-state index contributed by atoms with van der Waals surface area (Å²) in [5.41, 5.74) is 6.53. The summed E-state index contributed by atoms with van der Waals surface area (Å²) in [6.45, 7) is 2.19. The molecule has 5 rings (SSSR count). The molecule has 4 aromatic carbocycles. The number of hydrogen-bond donors (Lipinski definition) is 0. The Hall–Kier alpha value is -2.90. The maximum Gasteiger partial charge on any atom is 0.0433 e. The minimum atomic E-state index is 1.08. The normalized spacial score (nSPS) is 11.3. The van der Waals surface area contributed by atoms with Gasteiger partial charge in [0.2, 0.25) is 0 Å². The summed E-state index contributed by atoms with van der Waals surface area (Å²) in [7, 11) is 0. The highest BCUT2D eigenvalue weighted by molar-refractivity contribution is 7.26. The zero-order chi connectivity index (χ0) is 18.2. The van der Waals surface area contributed by atoms with Gasteiger partial charge in [-0.2, -0.15) is 0 Å². The Labute approximate surface area is 163 Å². The van der Waals surface area contributed by atoms with Gasteiger partial charge in [-0.25, -0.2) is 0 Å². The molecule has 0 saturated carbocycles. The minimum Gasteiger partial charge on any atom is -0.135 e. The standard InChI is InChI=1S/C26H20S/c1-2-18-10-12-19(13-11-18)20-14-16-21(17-15-20)22-7-5-8-24-23-6-3-4-9-25(23)27-26(22)24/h3-17H,2H2,1H3. The number of fused-ring (bicyclic) bond motifs is 3. The minimum absolute atomic E-state index is 1.08. The van der Waals surface area contributed by atoms with Gasteiger partial charge >= 0.3 is 0 Å². The molecule has 0 atom stereocenters. The van der Waals surface area contributed by atoms with E-state index < -0.39 is 0 Å². The lowest BCUT2D eigenvalue weighted by molar-refractivity contribution is 1.14. The monoisotopic (exact) mass is 364 g/mol. The Morgan fingerprint density at radius 2 is 1.22 bits per heavy atom. The van der Waals surface area contributed by atoms with Gasteiger partial charge in [0.25, 0.3) is 0 Å². The van der Waals surface area contributed by atoms with Crippen molar-refractivity contribution in [3.05, 3.63) is 96.6 Å². The molecule has 0 aliphatic carbocycles. The molecule has 1 heteroatoms. The Morgan fingerprint density at radius 1 is 0.593 bits per heavy atom. The first kappa shape index (κ1) is 16.3. The molecule has 130 valence electrons. The third-order valence-corrected chi connectivity index (χ3v) is 6.52. The van der Waals surface area contributed by atoms with Crippen LogP contribution in [0.2, 0.25) is 0 Å². The quantitative estimate of drug-likeness (QED) is 0.305. The van der Waals surface area contributed by atoms with Crippen molar-refractivity contribution < 1.29 is 0 Å². The smallest absolute Gasteiger partial charge is 0.0433 e. The van der Waals surface area contributed by atoms with Crippen molar-refractivity contribution in [3.8, 4) is 22.3 Å². The molecule has 1 heterocycles. The molecule has 0 N–H and O–H groups in total. The molecule has 5 aromatic rings. The highest BCUT2D eigenvalue weighted by Crippen LogP contribution is 2.40. The van der Waals surface area contributed by atoms with E-state index in [4.69, 9.17) is 0 Å². The van der Waals surface area contributed by atoms with Crippen molar-refractivity contribution in [3.63, 3.8) is 0 Å². The Bertz CT molecular complexity index is 1230. The predicted molar refractivity (Wildman–Crippen MR) is 120 cm³/mol. The van der Waals surface area contributed by atoms with E-state index in [1.807, 2.05) is 11.3 Å². The van der Waals surface area contributed by atoms with Gasteiger partial charge in [0, 0.05) is 20.2 Å². The zero-order valence-electron chi connectivity index (χ0n) is 15.3.